The van der Waals surface area contributed by atoms with E-state index >= 15 is 0 Å². The quantitative estimate of drug-likeness (QED) is 0.310. The molecule has 0 bridgehead atoms. The zero-order chi connectivity index (χ0) is 9.99. The second kappa shape index (κ2) is 3.98. The van der Waals surface area contributed by atoms with Gasteiger partial charge in [-0.3, -0.25) is 9.13 Å². The summed E-state index contributed by atoms with van der Waals surface area (Å²) in [6, 6.07) is 0. The smallest absolute Gasteiger partial charge is 0.324 e. The van der Waals surface area contributed by atoms with Crippen molar-refractivity contribution in [1.29, 1.82) is 0 Å². The van der Waals surface area contributed by atoms with E-state index in [1.54, 1.807) is 0 Å². The summed E-state index contributed by atoms with van der Waals surface area (Å²) in [5.74, 6) is 0. The fraction of sp³-hybridized carbons (Fsp3) is 1.00. The first-order valence-electron chi connectivity index (χ1n) is 2.96. The normalized spacial score (nSPS) is 20.1. The van der Waals surface area contributed by atoms with Gasteiger partial charge in [-0.1, -0.05) is 6.92 Å². The Morgan fingerprint density at radius 1 is 1.33 bits per heavy atom. The molecule has 4 N–H and O–H groups in total. The molecule has 0 amide bonds. The van der Waals surface area contributed by atoms with Gasteiger partial charge in [0.1, 0.15) is 0 Å². The fourth-order valence-corrected chi connectivity index (χ4v) is 3.41. The Morgan fingerprint density at radius 2 is 1.75 bits per heavy atom. The maximum Gasteiger partial charge on any atom is 0.370 e. The van der Waals surface area contributed by atoms with Crippen LogP contribution in [0.15, 0.2) is 0 Å². The Kier molecular flexibility index (Phi) is 4.07. The summed E-state index contributed by atoms with van der Waals surface area (Å²) in [5.41, 5.74) is 0. The van der Waals surface area contributed by atoms with Crippen LogP contribution >= 0.6 is 15.2 Å². The van der Waals surface area contributed by atoms with Crippen molar-refractivity contribution in [1.82, 2.24) is 0 Å². The first kappa shape index (κ1) is 12.3. The van der Waals surface area contributed by atoms with E-state index in [0.29, 0.717) is 0 Å². The molecule has 0 aliphatic heterocycles. The van der Waals surface area contributed by atoms with Crippen LogP contribution in [0.5, 0.6) is 0 Å². The van der Waals surface area contributed by atoms with E-state index in [2.05, 4.69) is 4.67 Å². The molecule has 0 aromatic carbocycles. The van der Waals surface area contributed by atoms with Gasteiger partial charge in [-0.2, -0.15) is 4.67 Å². The Labute approximate surface area is 68.6 Å². The van der Waals surface area contributed by atoms with Crippen molar-refractivity contribution in [3.8, 4) is 0 Å². The molecule has 7 nitrogen and oxygen atoms in total. The van der Waals surface area contributed by atoms with Gasteiger partial charge in [-0.15, -0.1) is 0 Å². The zero-order valence-electron chi connectivity index (χ0n) is 6.19. The van der Waals surface area contributed by atoms with Crippen molar-refractivity contribution in [3.63, 3.8) is 0 Å². The van der Waals surface area contributed by atoms with Crippen LogP contribution in [0.1, 0.15) is 13.3 Å². The molecular weight excluding hydrogens is 210 g/mol. The van der Waals surface area contributed by atoms with Crippen LogP contribution in [0, 0.1) is 0 Å². The molecule has 2 atom stereocenters. The topological polar surface area (TPSA) is 124 Å². The van der Waals surface area contributed by atoms with Gasteiger partial charge in [0, 0.05) is 0 Å². The molecule has 0 spiro atoms. The van der Waals surface area contributed by atoms with E-state index in [1.165, 1.54) is 6.92 Å². The Bertz CT molecular complexity index is 231. The highest BCUT2D eigenvalue weighted by Gasteiger charge is 2.44. The molecule has 0 aromatic rings. The van der Waals surface area contributed by atoms with Gasteiger partial charge in [-0.25, -0.2) is 5.26 Å². The molecule has 74 valence electrons. The highest BCUT2D eigenvalue weighted by atomic mass is 31.2. The van der Waals surface area contributed by atoms with Crippen LogP contribution in [0.25, 0.3) is 0 Å². The summed E-state index contributed by atoms with van der Waals surface area (Å²) in [5, 5.41) is 6.04. The lowest BCUT2D eigenvalue weighted by Crippen LogP contribution is -2.08. The van der Waals surface area contributed by atoms with Crippen molar-refractivity contribution < 1.29 is 33.7 Å². The highest BCUT2D eigenvalue weighted by molar-refractivity contribution is 7.71. The molecule has 0 saturated heterocycles. The van der Waals surface area contributed by atoms with E-state index in [0.717, 1.165) is 0 Å². The van der Waals surface area contributed by atoms with E-state index in [4.69, 9.17) is 19.9 Å². The van der Waals surface area contributed by atoms with Crippen LogP contribution in [-0.4, -0.2) is 25.3 Å². The second-order valence-electron chi connectivity index (χ2n) is 2.12. The first-order chi connectivity index (χ1) is 5.25. The van der Waals surface area contributed by atoms with E-state index in [9.17, 15) is 9.13 Å². The minimum Gasteiger partial charge on any atom is -0.324 e. The maximum atomic E-state index is 10.8. The van der Waals surface area contributed by atoms with Crippen LogP contribution in [-0.2, 0) is 13.8 Å². The lowest BCUT2D eigenvalue weighted by Gasteiger charge is -2.18. The summed E-state index contributed by atoms with van der Waals surface area (Å²) in [6.07, 6.45) is -0.265. The maximum absolute atomic E-state index is 10.8. The molecule has 0 aliphatic rings. The van der Waals surface area contributed by atoms with Gasteiger partial charge in [0.15, 0.2) is 5.40 Å². The molecule has 0 saturated carbocycles. The van der Waals surface area contributed by atoms with Crippen molar-refractivity contribution in [2.75, 3.05) is 0 Å². The van der Waals surface area contributed by atoms with E-state index < -0.39 is 20.6 Å². The third-order valence-corrected chi connectivity index (χ3v) is 5.52. The van der Waals surface area contributed by atoms with Gasteiger partial charge in [0.05, 0.1) is 0 Å². The molecule has 0 aliphatic carbocycles. The zero-order valence-corrected chi connectivity index (χ0v) is 7.98. The summed E-state index contributed by atoms with van der Waals surface area (Å²) in [7, 11) is -9.32. The predicted molar refractivity (Wildman–Crippen MR) is 39.7 cm³/mol. The monoisotopic (exact) mass is 220 g/mol. The van der Waals surface area contributed by atoms with Gasteiger partial charge in [-0.05, 0) is 6.42 Å². The summed E-state index contributed by atoms with van der Waals surface area (Å²) in [4.78, 5) is 25.8. The van der Waals surface area contributed by atoms with Crippen LogP contribution in [0.3, 0.4) is 0 Å². The van der Waals surface area contributed by atoms with Crippen molar-refractivity contribution in [2.24, 2.45) is 0 Å². The lowest BCUT2D eigenvalue weighted by molar-refractivity contribution is -0.146. The SMILES string of the molecule is CCC(P(=O)(O)O)P(=O)(O)OO. The lowest BCUT2D eigenvalue weighted by atomic mass is 10.6. The van der Waals surface area contributed by atoms with Gasteiger partial charge < -0.3 is 14.7 Å². The molecule has 9 heteroatoms. The Morgan fingerprint density at radius 3 is 1.83 bits per heavy atom. The average Bonchev–Trinajstić information content (AvgIpc) is 1.85. The minimum atomic E-state index is -4.71. The Balaban J connectivity index is 4.82. The molecule has 0 radical (unpaired) electrons. The molecule has 2 unspecified atom stereocenters. The number of rotatable bonds is 4. The van der Waals surface area contributed by atoms with Crippen molar-refractivity contribution >= 4 is 15.2 Å². The molecule has 0 rings (SSSR count). The van der Waals surface area contributed by atoms with Crippen LogP contribution < -0.4 is 0 Å². The minimum absolute atomic E-state index is 0.265. The summed E-state index contributed by atoms with van der Waals surface area (Å²) in [6.45, 7) is 1.30. The average molecular weight is 220 g/mol. The van der Waals surface area contributed by atoms with Gasteiger partial charge in [0.25, 0.3) is 0 Å². The largest absolute Gasteiger partial charge is 0.370 e. The second-order valence-corrected chi connectivity index (χ2v) is 6.25. The predicted octanol–water partition coefficient (Wildman–Crippen LogP) is 0.575. The number of hydrogen-bond donors (Lipinski definition) is 4. The van der Waals surface area contributed by atoms with Gasteiger partial charge in [0.2, 0.25) is 0 Å². The highest BCUT2D eigenvalue weighted by Crippen LogP contribution is 2.63. The van der Waals surface area contributed by atoms with E-state index in [1.807, 2.05) is 0 Å². The number of hydrogen-bond acceptors (Lipinski definition) is 4. The third-order valence-electron chi connectivity index (χ3n) is 1.25. The van der Waals surface area contributed by atoms with Crippen LogP contribution in [0.4, 0.5) is 0 Å². The third kappa shape index (κ3) is 2.95. The van der Waals surface area contributed by atoms with Crippen LogP contribution in [0.2, 0.25) is 0 Å². The molecular formula is C3H10O7P2. The fourth-order valence-electron chi connectivity index (χ4n) is 0.713. The van der Waals surface area contributed by atoms with Gasteiger partial charge >= 0.3 is 15.2 Å². The first-order valence-corrected chi connectivity index (χ1v) is 6.29. The van der Waals surface area contributed by atoms with Crippen molar-refractivity contribution in [2.45, 2.75) is 18.7 Å². The molecule has 0 fully saturated rings. The summed E-state index contributed by atoms with van der Waals surface area (Å²) < 4.78 is 24.4. The van der Waals surface area contributed by atoms with Crippen molar-refractivity contribution in [3.05, 3.63) is 0 Å². The van der Waals surface area contributed by atoms with E-state index in [-0.39, 0.29) is 6.42 Å². The summed E-state index contributed by atoms with van der Waals surface area (Å²) >= 11 is 0. The molecule has 0 heterocycles. The standard InChI is InChI=1S/C3H10O7P2/c1-2-3(11(5,6)7)12(8,9)10-4/h3-4H,2H2,1H3,(H,8,9)(H2,5,6,7). The molecule has 0 aromatic heterocycles. The Hall–Kier alpha value is 0.260. The molecule has 12 heavy (non-hydrogen) atoms.